The highest BCUT2D eigenvalue weighted by molar-refractivity contribution is 7.22. The molecule has 130 valence electrons. The number of halogens is 3. The first-order valence-corrected chi connectivity index (χ1v) is 9.29. The van der Waals surface area contributed by atoms with Crippen LogP contribution in [0.3, 0.4) is 0 Å². The summed E-state index contributed by atoms with van der Waals surface area (Å²) in [5.41, 5.74) is 0.427. The second-order valence-electron chi connectivity index (χ2n) is 6.43. The molecule has 0 bridgehead atoms. The van der Waals surface area contributed by atoms with Gasteiger partial charge < -0.3 is 4.90 Å². The number of alkyl halides is 3. The summed E-state index contributed by atoms with van der Waals surface area (Å²) in [6.07, 6.45) is -1.35. The minimum Gasteiger partial charge on any atom is -0.371 e. The molecule has 0 N–H and O–H groups in total. The van der Waals surface area contributed by atoms with Crippen molar-refractivity contribution in [2.75, 3.05) is 18.0 Å². The SMILES string of the molecule is FC(F)(F)c1cc(-c2cc3ccccc3s2)ccc1N1CCCCC1. The number of nitrogens with zero attached hydrogens (tertiary/aromatic N) is 1. The first-order chi connectivity index (χ1) is 12.0. The molecule has 0 atom stereocenters. The monoisotopic (exact) mass is 361 g/mol. The predicted molar refractivity (Wildman–Crippen MR) is 98.3 cm³/mol. The molecule has 1 saturated heterocycles. The van der Waals surface area contributed by atoms with Gasteiger partial charge in [-0.15, -0.1) is 11.3 Å². The number of benzene rings is 2. The van der Waals surface area contributed by atoms with Crippen molar-refractivity contribution in [3.05, 3.63) is 54.1 Å². The fourth-order valence-electron chi connectivity index (χ4n) is 3.45. The van der Waals surface area contributed by atoms with Crippen LogP contribution in [-0.2, 0) is 6.18 Å². The Balaban J connectivity index is 1.79. The number of hydrogen-bond acceptors (Lipinski definition) is 2. The van der Waals surface area contributed by atoms with Crippen molar-refractivity contribution in [2.45, 2.75) is 25.4 Å². The minimum atomic E-state index is -4.35. The van der Waals surface area contributed by atoms with Crippen molar-refractivity contribution in [2.24, 2.45) is 0 Å². The molecule has 1 aromatic heterocycles. The second kappa shape index (κ2) is 6.37. The van der Waals surface area contributed by atoms with E-state index in [-0.39, 0.29) is 0 Å². The predicted octanol–water partition coefficient (Wildman–Crippen LogP) is 6.58. The van der Waals surface area contributed by atoms with Gasteiger partial charge >= 0.3 is 6.18 Å². The lowest BCUT2D eigenvalue weighted by atomic mass is 10.0. The highest BCUT2D eigenvalue weighted by atomic mass is 32.1. The van der Waals surface area contributed by atoms with E-state index in [4.69, 9.17) is 0 Å². The van der Waals surface area contributed by atoms with E-state index in [0.717, 1.165) is 34.2 Å². The topological polar surface area (TPSA) is 3.24 Å². The van der Waals surface area contributed by atoms with Gasteiger partial charge in [-0.25, -0.2) is 0 Å². The molecule has 5 heteroatoms. The van der Waals surface area contributed by atoms with Crippen molar-refractivity contribution < 1.29 is 13.2 Å². The standard InChI is InChI=1S/C20H18F3NS/c21-20(22,23)16-12-15(8-9-17(16)24-10-4-1-5-11-24)19-13-14-6-2-3-7-18(14)25-19/h2-3,6-9,12-13H,1,4-5,10-11H2. The van der Waals surface area contributed by atoms with Crippen LogP contribution in [0.25, 0.3) is 20.5 Å². The van der Waals surface area contributed by atoms with E-state index in [2.05, 4.69) is 0 Å². The normalized spacial score (nSPS) is 15.7. The Morgan fingerprint density at radius 3 is 2.36 bits per heavy atom. The molecular weight excluding hydrogens is 343 g/mol. The molecule has 25 heavy (non-hydrogen) atoms. The molecular formula is C20H18F3NS. The van der Waals surface area contributed by atoms with E-state index >= 15 is 0 Å². The average molecular weight is 361 g/mol. The van der Waals surface area contributed by atoms with Crippen molar-refractivity contribution in [3.8, 4) is 10.4 Å². The molecule has 1 aliphatic rings. The van der Waals surface area contributed by atoms with Gasteiger partial charge in [-0.05, 0) is 54.5 Å². The zero-order valence-electron chi connectivity index (χ0n) is 13.6. The van der Waals surface area contributed by atoms with Crippen molar-refractivity contribution in [3.63, 3.8) is 0 Å². The highest BCUT2D eigenvalue weighted by Crippen LogP contribution is 2.41. The minimum absolute atomic E-state index is 0.317. The van der Waals surface area contributed by atoms with Gasteiger partial charge in [-0.1, -0.05) is 24.3 Å². The van der Waals surface area contributed by atoms with E-state index in [1.807, 2.05) is 41.3 Å². The Hall–Kier alpha value is -2.01. The molecule has 3 aromatic rings. The maximum atomic E-state index is 13.7. The smallest absolute Gasteiger partial charge is 0.371 e. The summed E-state index contributed by atoms with van der Waals surface area (Å²) in [5.74, 6) is 0. The van der Waals surface area contributed by atoms with Gasteiger partial charge in [0.15, 0.2) is 0 Å². The van der Waals surface area contributed by atoms with E-state index < -0.39 is 11.7 Å². The molecule has 0 saturated carbocycles. The molecule has 4 rings (SSSR count). The number of anilines is 1. The van der Waals surface area contributed by atoms with Crippen LogP contribution >= 0.6 is 11.3 Å². The first kappa shape index (κ1) is 16.5. The van der Waals surface area contributed by atoms with Gasteiger partial charge in [0.05, 0.1) is 5.56 Å². The van der Waals surface area contributed by atoms with Gasteiger partial charge in [-0.2, -0.15) is 13.2 Å². The molecule has 0 spiro atoms. The Labute approximate surface area is 148 Å². The average Bonchev–Trinajstić information content (AvgIpc) is 3.05. The molecule has 1 nitrogen and oxygen atoms in total. The van der Waals surface area contributed by atoms with Crippen LogP contribution in [0.1, 0.15) is 24.8 Å². The van der Waals surface area contributed by atoms with Gasteiger partial charge in [0.2, 0.25) is 0 Å². The van der Waals surface area contributed by atoms with Crippen molar-refractivity contribution in [1.82, 2.24) is 0 Å². The lowest BCUT2D eigenvalue weighted by molar-refractivity contribution is -0.137. The van der Waals surface area contributed by atoms with Gasteiger partial charge in [0.1, 0.15) is 0 Å². The summed E-state index contributed by atoms with van der Waals surface area (Å²) in [4.78, 5) is 2.75. The van der Waals surface area contributed by atoms with Crippen LogP contribution in [0.5, 0.6) is 0 Å². The van der Waals surface area contributed by atoms with Crippen LogP contribution in [0.4, 0.5) is 18.9 Å². The van der Waals surface area contributed by atoms with Crippen molar-refractivity contribution >= 4 is 27.1 Å². The third-order valence-electron chi connectivity index (χ3n) is 4.71. The Morgan fingerprint density at radius 2 is 1.64 bits per heavy atom. The van der Waals surface area contributed by atoms with Crippen LogP contribution in [0.15, 0.2) is 48.5 Å². The van der Waals surface area contributed by atoms with Crippen LogP contribution in [0.2, 0.25) is 0 Å². The molecule has 0 unspecified atom stereocenters. The Kier molecular flexibility index (Phi) is 4.20. The van der Waals surface area contributed by atoms with Gasteiger partial charge in [0.25, 0.3) is 0 Å². The third kappa shape index (κ3) is 3.25. The van der Waals surface area contributed by atoms with Crippen LogP contribution < -0.4 is 4.90 Å². The summed E-state index contributed by atoms with van der Waals surface area (Å²) in [6.45, 7) is 1.40. The fraction of sp³-hybridized carbons (Fsp3) is 0.300. The molecule has 0 aliphatic carbocycles. The lowest BCUT2D eigenvalue weighted by Gasteiger charge is -2.31. The van der Waals surface area contributed by atoms with E-state index in [0.29, 0.717) is 24.3 Å². The maximum Gasteiger partial charge on any atom is 0.418 e. The summed E-state index contributed by atoms with van der Waals surface area (Å²) in [6, 6.07) is 14.6. The number of thiophene rings is 1. The molecule has 0 radical (unpaired) electrons. The van der Waals surface area contributed by atoms with E-state index in [1.54, 1.807) is 6.07 Å². The van der Waals surface area contributed by atoms with E-state index in [1.165, 1.54) is 17.4 Å². The van der Waals surface area contributed by atoms with Crippen LogP contribution in [0, 0.1) is 0 Å². The third-order valence-corrected chi connectivity index (χ3v) is 5.87. The Morgan fingerprint density at radius 1 is 0.880 bits per heavy atom. The summed E-state index contributed by atoms with van der Waals surface area (Å²) in [7, 11) is 0. The Bertz CT molecular complexity index is 858. The van der Waals surface area contributed by atoms with E-state index in [9.17, 15) is 13.2 Å². The molecule has 1 aliphatic heterocycles. The molecule has 0 amide bonds. The lowest BCUT2D eigenvalue weighted by Crippen LogP contribution is -2.31. The van der Waals surface area contributed by atoms with Crippen LogP contribution in [-0.4, -0.2) is 13.1 Å². The second-order valence-corrected chi connectivity index (χ2v) is 7.51. The summed E-state index contributed by atoms with van der Waals surface area (Å²) >= 11 is 1.53. The number of rotatable bonds is 2. The van der Waals surface area contributed by atoms with Gasteiger partial charge in [-0.3, -0.25) is 0 Å². The zero-order chi connectivity index (χ0) is 17.4. The van der Waals surface area contributed by atoms with Crippen molar-refractivity contribution in [1.29, 1.82) is 0 Å². The summed E-state index contributed by atoms with van der Waals surface area (Å²) < 4.78 is 42.1. The zero-order valence-corrected chi connectivity index (χ0v) is 14.5. The maximum absolute atomic E-state index is 13.7. The molecule has 2 heterocycles. The number of hydrogen-bond donors (Lipinski definition) is 0. The summed E-state index contributed by atoms with van der Waals surface area (Å²) in [5, 5.41) is 1.07. The first-order valence-electron chi connectivity index (χ1n) is 8.47. The largest absolute Gasteiger partial charge is 0.418 e. The number of fused-ring (bicyclic) bond motifs is 1. The number of piperidine rings is 1. The molecule has 2 aromatic carbocycles. The quantitative estimate of drug-likeness (QED) is 0.498. The van der Waals surface area contributed by atoms with Gasteiger partial charge in [0, 0.05) is 28.4 Å². The highest BCUT2D eigenvalue weighted by Gasteiger charge is 2.35. The fourth-order valence-corrected chi connectivity index (χ4v) is 4.51. The molecule has 1 fully saturated rings.